The maximum absolute atomic E-state index is 13.7. The van der Waals surface area contributed by atoms with Crippen molar-refractivity contribution in [3.8, 4) is 17.2 Å². The molecule has 1 amide bonds. The van der Waals surface area contributed by atoms with Crippen LogP contribution in [0.5, 0.6) is 17.2 Å². The molecule has 0 aliphatic carbocycles. The summed E-state index contributed by atoms with van der Waals surface area (Å²) in [5.74, 6) is 0.162. The molecule has 240 valence electrons. The third-order valence-electron chi connectivity index (χ3n) is 7.22. The Hall–Kier alpha value is -4.42. The van der Waals surface area contributed by atoms with Crippen molar-refractivity contribution in [1.82, 2.24) is 10.2 Å². The summed E-state index contributed by atoms with van der Waals surface area (Å²) in [6.07, 6.45) is 0.855. The van der Waals surface area contributed by atoms with Gasteiger partial charge in [-0.2, -0.15) is 0 Å². The predicted octanol–water partition coefficient (Wildman–Crippen LogP) is 7.43. The van der Waals surface area contributed by atoms with E-state index in [1.807, 2.05) is 6.92 Å². The number of methoxy groups -OCH3 is 1. The highest BCUT2D eigenvalue weighted by atomic mass is 32.2. The lowest BCUT2D eigenvalue weighted by Gasteiger charge is -2.24. The molecule has 3 aromatic carbocycles. The Morgan fingerprint density at radius 1 is 1.02 bits per heavy atom. The molecule has 2 heterocycles. The maximum atomic E-state index is 13.7. The Balaban J connectivity index is 1.55. The molecule has 0 radical (unpaired) electrons. The number of benzene rings is 3. The number of thioether (sulfide) groups is 1. The molecule has 1 fully saturated rings. The fourth-order valence-corrected chi connectivity index (χ4v) is 6.64. The number of rotatable bonds is 13. The Morgan fingerprint density at radius 2 is 1.76 bits per heavy atom. The summed E-state index contributed by atoms with van der Waals surface area (Å²) in [6, 6.07) is 16.9. The van der Waals surface area contributed by atoms with Crippen molar-refractivity contribution in [2.75, 3.05) is 25.2 Å². The molecule has 9 nitrogen and oxygen atoms in total. The standard InChI is InChI=1S/C34H34FN3O6S2/c1-5-43-27-18-23(10-15-26(27)44-17-16-20(2)3)29-28(30(39)22-8-13-25(42-4)14-9-22)31(40)32(41)38(29)33-36-37-34(46-33)45-19-21-6-11-24(35)12-7-21/h6-15,18,20,29,39H,5,16-17,19H2,1-4H3. The summed E-state index contributed by atoms with van der Waals surface area (Å²) >= 11 is 2.52. The number of ether oxygens (including phenoxy) is 3. The minimum atomic E-state index is -1.03. The lowest BCUT2D eigenvalue weighted by atomic mass is 9.95. The first-order chi connectivity index (χ1) is 22.2. The molecule has 5 rings (SSSR count). The van der Waals surface area contributed by atoms with Gasteiger partial charge in [0.15, 0.2) is 15.8 Å². The van der Waals surface area contributed by atoms with Crippen molar-refractivity contribution in [3.05, 3.63) is 94.8 Å². The zero-order chi connectivity index (χ0) is 32.8. The third-order valence-corrected chi connectivity index (χ3v) is 9.35. The summed E-state index contributed by atoms with van der Waals surface area (Å²) in [5.41, 5.74) is 1.66. The van der Waals surface area contributed by atoms with Crippen LogP contribution >= 0.6 is 23.1 Å². The smallest absolute Gasteiger partial charge is 0.301 e. The summed E-state index contributed by atoms with van der Waals surface area (Å²) in [4.78, 5) is 28.6. The molecule has 1 aliphatic rings. The van der Waals surface area contributed by atoms with Gasteiger partial charge >= 0.3 is 5.91 Å². The number of hydrogen-bond donors (Lipinski definition) is 1. The van der Waals surface area contributed by atoms with Gasteiger partial charge in [0, 0.05) is 11.3 Å². The zero-order valence-corrected chi connectivity index (χ0v) is 27.5. The molecule has 1 atom stereocenters. The van der Waals surface area contributed by atoms with Crippen molar-refractivity contribution in [1.29, 1.82) is 0 Å². The van der Waals surface area contributed by atoms with Crippen LogP contribution in [-0.2, 0) is 15.3 Å². The normalized spacial score (nSPS) is 15.9. The first kappa shape index (κ1) is 33.0. The largest absolute Gasteiger partial charge is 0.507 e. The van der Waals surface area contributed by atoms with Crippen LogP contribution in [-0.4, -0.2) is 47.3 Å². The Kier molecular flexibility index (Phi) is 10.6. The van der Waals surface area contributed by atoms with Crippen LogP contribution < -0.4 is 19.1 Å². The van der Waals surface area contributed by atoms with Gasteiger partial charge in [0.2, 0.25) is 5.13 Å². The number of aliphatic hydroxyl groups excluding tert-OH is 1. The average molecular weight is 664 g/mol. The number of carbonyl (C=O) groups is 2. The van der Waals surface area contributed by atoms with Gasteiger partial charge in [-0.05, 0) is 78.9 Å². The Labute approximate surface area is 275 Å². The first-order valence-corrected chi connectivity index (χ1v) is 16.6. The second-order valence-corrected chi connectivity index (χ2v) is 13.0. The quantitative estimate of drug-likeness (QED) is 0.0513. The lowest BCUT2D eigenvalue weighted by molar-refractivity contribution is -0.132. The van der Waals surface area contributed by atoms with E-state index < -0.39 is 17.7 Å². The van der Waals surface area contributed by atoms with E-state index in [-0.39, 0.29) is 22.3 Å². The number of amides is 1. The molecular formula is C34H34FN3O6S2. The minimum Gasteiger partial charge on any atom is -0.507 e. The van der Waals surface area contributed by atoms with Crippen molar-refractivity contribution in [2.24, 2.45) is 5.92 Å². The van der Waals surface area contributed by atoms with E-state index in [2.05, 4.69) is 24.0 Å². The van der Waals surface area contributed by atoms with Crippen molar-refractivity contribution in [2.45, 2.75) is 43.3 Å². The number of hydrogen-bond acceptors (Lipinski definition) is 10. The second-order valence-electron chi connectivity index (χ2n) is 10.8. The molecule has 0 saturated carbocycles. The number of aliphatic hydroxyl groups is 1. The van der Waals surface area contributed by atoms with Gasteiger partial charge in [-0.15, -0.1) is 10.2 Å². The molecule has 12 heteroatoms. The van der Waals surface area contributed by atoms with Gasteiger partial charge in [-0.3, -0.25) is 14.5 Å². The number of anilines is 1. The molecule has 0 spiro atoms. The van der Waals surface area contributed by atoms with Gasteiger partial charge in [0.25, 0.3) is 5.78 Å². The number of Topliss-reactive ketones (excluding diaryl/α,β-unsaturated/α-hetero) is 1. The lowest BCUT2D eigenvalue weighted by Crippen LogP contribution is -2.29. The van der Waals surface area contributed by atoms with Gasteiger partial charge in [-0.25, -0.2) is 4.39 Å². The Bertz CT molecular complexity index is 1720. The highest BCUT2D eigenvalue weighted by Crippen LogP contribution is 2.45. The van der Waals surface area contributed by atoms with Crippen LogP contribution in [0.4, 0.5) is 9.52 Å². The number of halogens is 1. The minimum absolute atomic E-state index is 0.0955. The number of aromatic nitrogens is 2. The fraction of sp³-hybridized carbons (Fsp3) is 0.294. The molecule has 1 aromatic heterocycles. The summed E-state index contributed by atoms with van der Waals surface area (Å²) < 4.78 is 31.1. The van der Waals surface area contributed by atoms with Crippen LogP contribution in [0.1, 0.15) is 49.9 Å². The molecule has 1 unspecified atom stereocenters. The average Bonchev–Trinajstić information content (AvgIpc) is 3.62. The molecule has 46 heavy (non-hydrogen) atoms. The fourth-order valence-electron chi connectivity index (χ4n) is 4.82. The van der Waals surface area contributed by atoms with Crippen LogP contribution in [0.25, 0.3) is 5.76 Å². The van der Waals surface area contributed by atoms with Gasteiger partial charge in [0.05, 0.1) is 31.9 Å². The summed E-state index contributed by atoms with van der Waals surface area (Å²) in [5, 5.41) is 20.2. The molecule has 0 bridgehead atoms. The first-order valence-electron chi connectivity index (χ1n) is 14.8. The number of ketones is 1. The van der Waals surface area contributed by atoms with E-state index in [1.54, 1.807) is 54.6 Å². The van der Waals surface area contributed by atoms with Crippen LogP contribution in [0.2, 0.25) is 0 Å². The van der Waals surface area contributed by atoms with Crippen LogP contribution in [0.15, 0.2) is 76.6 Å². The molecule has 1 aliphatic heterocycles. The second kappa shape index (κ2) is 14.8. The van der Waals surface area contributed by atoms with E-state index in [9.17, 15) is 19.1 Å². The van der Waals surface area contributed by atoms with Crippen molar-refractivity contribution < 1.29 is 33.3 Å². The monoisotopic (exact) mass is 663 g/mol. The molecule has 1 N–H and O–H groups in total. The molecule has 1 saturated heterocycles. The van der Waals surface area contributed by atoms with Crippen molar-refractivity contribution in [3.63, 3.8) is 0 Å². The van der Waals surface area contributed by atoms with E-state index in [4.69, 9.17) is 14.2 Å². The predicted molar refractivity (Wildman–Crippen MR) is 176 cm³/mol. The molecule has 4 aromatic rings. The van der Waals surface area contributed by atoms with E-state index in [0.717, 1.165) is 23.3 Å². The van der Waals surface area contributed by atoms with E-state index >= 15 is 0 Å². The number of nitrogens with zero attached hydrogens (tertiary/aromatic N) is 3. The highest BCUT2D eigenvalue weighted by Gasteiger charge is 2.48. The zero-order valence-electron chi connectivity index (χ0n) is 25.9. The van der Waals surface area contributed by atoms with Crippen molar-refractivity contribution >= 4 is 45.7 Å². The maximum Gasteiger partial charge on any atom is 0.301 e. The van der Waals surface area contributed by atoms with E-state index in [0.29, 0.717) is 57.6 Å². The van der Waals surface area contributed by atoms with Gasteiger partial charge < -0.3 is 19.3 Å². The highest BCUT2D eigenvalue weighted by molar-refractivity contribution is 8.00. The third kappa shape index (κ3) is 7.34. The Morgan fingerprint density at radius 3 is 2.43 bits per heavy atom. The topological polar surface area (TPSA) is 111 Å². The van der Waals surface area contributed by atoms with E-state index in [1.165, 1.54) is 35.9 Å². The number of carbonyl (C=O) groups excluding carboxylic acids is 2. The SMILES string of the molecule is CCOc1cc(C2C(=C(O)c3ccc(OC)cc3)C(=O)C(=O)N2c2nnc(SCc3ccc(F)cc3)s2)ccc1OCCC(C)C. The summed E-state index contributed by atoms with van der Waals surface area (Å²) in [6.45, 7) is 6.94. The van der Waals surface area contributed by atoms with Crippen LogP contribution in [0.3, 0.4) is 0 Å². The van der Waals surface area contributed by atoms with Crippen LogP contribution in [0, 0.1) is 11.7 Å². The summed E-state index contributed by atoms with van der Waals surface area (Å²) in [7, 11) is 1.53. The molecular weight excluding hydrogens is 630 g/mol. The van der Waals surface area contributed by atoms with Gasteiger partial charge in [-0.1, -0.05) is 55.1 Å². The van der Waals surface area contributed by atoms with Gasteiger partial charge in [0.1, 0.15) is 17.3 Å².